The molecule has 0 N–H and O–H groups in total. The SMILES string of the molecule is CC(F)(F)CCCCCSCC(=O)OC(C)(C)C. The van der Waals surface area contributed by atoms with Crippen molar-refractivity contribution in [1.82, 2.24) is 0 Å². The second-order valence-corrected chi connectivity index (χ2v) is 6.63. The second kappa shape index (κ2) is 7.97. The van der Waals surface area contributed by atoms with Crippen molar-refractivity contribution in [1.29, 1.82) is 0 Å². The first-order chi connectivity index (χ1) is 8.10. The molecule has 108 valence electrons. The monoisotopic (exact) mass is 282 g/mol. The number of esters is 1. The van der Waals surface area contributed by atoms with E-state index in [-0.39, 0.29) is 12.4 Å². The van der Waals surface area contributed by atoms with Gasteiger partial charge in [0.15, 0.2) is 0 Å². The third kappa shape index (κ3) is 13.7. The number of thioether (sulfide) groups is 1. The number of hydrogen-bond acceptors (Lipinski definition) is 3. The van der Waals surface area contributed by atoms with Crippen LogP contribution in [0.1, 0.15) is 53.4 Å². The summed E-state index contributed by atoms with van der Waals surface area (Å²) in [5.41, 5.74) is -0.440. The van der Waals surface area contributed by atoms with Gasteiger partial charge in [-0.3, -0.25) is 4.79 Å². The highest BCUT2D eigenvalue weighted by molar-refractivity contribution is 7.99. The predicted octanol–water partition coefficient (Wildman–Crippen LogP) is 4.28. The van der Waals surface area contributed by atoms with E-state index in [1.165, 1.54) is 11.8 Å². The third-order valence-electron chi connectivity index (χ3n) is 2.04. The van der Waals surface area contributed by atoms with Crippen LogP contribution in [-0.4, -0.2) is 29.0 Å². The van der Waals surface area contributed by atoms with Gasteiger partial charge < -0.3 is 4.74 Å². The van der Waals surface area contributed by atoms with Crippen molar-refractivity contribution in [2.75, 3.05) is 11.5 Å². The van der Waals surface area contributed by atoms with Gasteiger partial charge in [0, 0.05) is 6.42 Å². The van der Waals surface area contributed by atoms with Gasteiger partial charge >= 0.3 is 5.97 Å². The highest BCUT2D eigenvalue weighted by Crippen LogP contribution is 2.20. The lowest BCUT2D eigenvalue weighted by Crippen LogP contribution is -2.25. The highest BCUT2D eigenvalue weighted by Gasteiger charge is 2.19. The van der Waals surface area contributed by atoms with Crippen molar-refractivity contribution < 1.29 is 18.3 Å². The van der Waals surface area contributed by atoms with E-state index < -0.39 is 11.5 Å². The lowest BCUT2D eigenvalue weighted by molar-refractivity contribution is -0.151. The molecule has 0 heterocycles. The van der Waals surface area contributed by atoms with Gasteiger partial charge in [-0.2, -0.15) is 11.8 Å². The summed E-state index contributed by atoms with van der Waals surface area (Å²) in [7, 11) is 0. The third-order valence-corrected chi connectivity index (χ3v) is 3.06. The van der Waals surface area contributed by atoms with Crippen LogP contribution >= 0.6 is 11.8 Å². The zero-order valence-corrected chi connectivity index (χ0v) is 12.5. The standard InChI is InChI=1S/C13H24F2O2S/c1-12(2,3)17-11(16)10-18-9-7-5-6-8-13(4,14)15/h5-10H2,1-4H3. The second-order valence-electron chi connectivity index (χ2n) is 5.52. The minimum absolute atomic E-state index is 0.0519. The zero-order chi connectivity index (χ0) is 14.2. The van der Waals surface area contributed by atoms with Gasteiger partial charge in [0.25, 0.3) is 0 Å². The summed E-state index contributed by atoms with van der Waals surface area (Å²) < 4.78 is 30.1. The molecule has 0 unspecified atom stereocenters. The number of unbranched alkanes of at least 4 members (excludes halogenated alkanes) is 2. The smallest absolute Gasteiger partial charge is 0.316 e. The van der Waals surface area contributed by atoms with Crippen LogP contribution in [0, 0.1) is 0 Å². The molecule has 0 aliphatic carbocycles. The number of rotatable bonds is 8. The number of alkyl halides is 2. The maximum Gasteiger partial charge on any atom is 0.316 e. The van der Waals surface area contributed by atoms with E-state index in [9.17, 15) is 13.6 Å². The van der Waals surface area contributed by atoms with Crippen LogP contribution < -0.4 is 0 Å². The van der Waals surface area contributed by atoms with Crippen molar-refractivity contribution in [2.45, 2.75) is 64.9 Å². The molecule has 0 aromatic rings. The Hall–Kier alpha value is -0.320. The van der Waals surface area contributed by atoms with Crippen molar-refractivity contribution in [3.05, 3.63) is 0 Å². The minimum Gasteiger partial charge on any atom is -0.459 e. The predicted molar refractivity (Wildman–Crippen MR) is 72.3 cm³/mol. The first-order valence-electron chi connectivity index (χ1n) is 6.27. The molecule has 5 heteroatoms. The van der Waals surface area contributed by atoms with Gasteiger partial charge in [0.2, 0.25) is 5.92 Å². The molecular weight excluding hydrogens is 258 g/mol. The fourth-order valence-electron chi connectivity index (χ4n) is 1.34. The van der Waals surface area contributed by atoms with E-state index in [1.807, 2.05) is 20.8 Å². The summed E-state index contributed by atoms with van der Waals surface area (Å²) in [6, 6.07) is 0. The molecule has 0 fully saturated rings. The largest absolute Gasteiger partial charge is 0.459 e. The van der Waals surface area contributed by atoms with Gasteiger partial charge in [0.05, 0.1) is 5.75 Å². The van der Waals surface area contributed by atoms with E-state index in [1.54, 1.807) is 0 Å². The van der Waals surface area contributed by atoms with Crippen LogP contribution in [0.3, 0.4) is 0 Å². The van der Waals surface area contributed by atoms with E-state index >= 15 is 0 Å². The lowest BCUT2D eigenvalue weighted by atomic mass is 10.1. The molecule has 18 heavy (non-hydrogen) atoms. The Morgan fingerprint density at radius 1 is 1.11 bits per heavy atom. The Morgan fingerprint density at radius 2 is 1.72 bits per heavy atom. The Kier molecular flexibility index (Phi) is 7.83. The van der Waals surface area contributed by atoms with Crippen LogP contribution in [0.5, 0.6) is 0 Å². The molecule has 2 nitrogen and oxygen atoms in total. The van der Waals surface area contributed by atoms with Crippen LogP contribution in [0.25, 0.3) is 0 Å². The van der Waals surface area contributed by atoms with E-state index in [4.69, 9.17) is 4.74 Å². The molecule has 0 saturated heterocycles. The molecule has 0 bridgehead atoms. The Balaban J connectivity index is 3.39. The van der Waals surface area contributed by atoms with Crippen molar-refractivity contribution in [3.63, 3.8) is 0 Å². The number of ether oxygens (including phenoxy) is 1. The van der Waals surface area contributed by atoms with Crippen LogP contribution in [0.2, 0.25) is 0 Å². The van der Waals surface area contributed by atoms with Gasteiger partial charge in [-0.1, -0.05) is 6.42 Å². The summed E-state index contributed by atoms with van der Waals surface area (Å²) in [5.74, 6) is -1.62. The number of hydrogen-bond donors (Lipinski definition) is 0. The average molecular weight is 282 g/mol. The van der Waals surface area contributed by atoms with E-state index in [0.29, 0.717) is 12.2 Å². The Labute approximate surface area is 113 Å². The topological polar surface area (TPSA) is 26.3 Å². The number of carbonyl (C=O) groups is 1. The van der Waals surface area contributed by atoms with Crippen molar-refractivity contribution >= 4 is 17.7 Å². The summed E-state index contributed by atoms with van der Waals surface area (Å²) in [5, 5.41) is 0. The normalized spacial score (nSPS) is 12.6. The van der Waals surface area contributed by atoms with Gasteiger partial charge in [-0.15, -0.1) is 0 Å². The summed E-state index contributed by atoms with van der Waals surface area (Å²) in [6.07, 6.45) is 2.13. The lowest BCUT2D eigenvalue weighted by Gasteiger charge is -2.19. The maximum absolute atomic E-state index is 12.5. The van der Waals surface area contributed by atoms with Crippen molar-refractivity contribution in [3.8, 4) is 0 Å². The molecule has 0 rings (SSSR count). The fraction of sp³-hybridized carbons (Fsp3) is 0.923. The summed E-state index contributed by atoms with van der Waals surface area (Å²) >= 11 is 1.50. The molecule has 0 saturated carbocycles. The highest BCUT2D eigenvalue weighted by atomic mass is 32.2. The zero-order valence-electron chi connectivity index (χ0n) is 11.7. The molecule has 0 amide bonds. The Bertz CT molecular complexity index is 244. The Morgan fingerprint density at radius 3 is 2.22 bits per heavy atom. The van der Waals surface area contributed by atoms with Gasteiger partial charge in [0.1, 0.15) is 5.60 Å². The quantitative estimate of drug-likeness (QED) is 0.491. The van der Waals surface area contributed by atoms with Crippen LogP contribution in [0.4, 0.5) is 8.78 Å². The first-order valence-corrected chi connectivity index (χ1v) is 7.43. The molecule has 0 aromatic heterocycles. The molecule has 0 aliphatic heterocycles. The molecule has 0 aromatic carbocycles. The summed E-state index contributed by atoms with van der Waals surface area (Å²) in [6.45, 7) is 6.45. The summed E-state index contributed by atoms with van der Waals surface area (Å²) in [4.78, 5) is 11.3. The van der Waals surface area contributed by atoms with Gasteiger partial charge in [-0.05, 0) is 46.3 Å². The number of halogens is 2. The molecule has 0 aliphatic rings. The fourth-order valence-corrected chi connectivity index (χ4v) is 2.12. The van der Waals surface area contributed by atoms with Crippen LogP contribution in [-0.2, 0) is 9.53 Å². The van der Waals surface area contributed by atoms with Gasteiger partial charge in [-0.25, -0.2) is 8.78 Å². The molecule has 0 spiro atoms. The average Bonchev–Trinajstić information content (AvgIpc) is 2.11. The van der Waals surface area contributed by atoms with Crippen molar-refractivity contribution in [2.24, 2.45) is 0 Å². The minimum atomic E-state index is -2.55. The molecule has 0 radical (unpaired) electrons. The molecular formula is C13H24F2O2S. The first kappa shape index (κ1) is 17.7. The van der Waals surface area contributed by atoms with Crippen LogP contribution in [0.15, 0.2) is 0 Å². The maximum atomic E-state index is 12.5. The van der Waals surface area contributed by atoms with E-state index in [0.717, 1.165) is 25.5 Å². The van der Waals surface area contributed by atoms with E-state index in [2.05, 4.69) is 0 Å². The molecule has 0 atom stereocenters. The number of carbonyl (C=O) groups excluding carboxylic acids is 1.